The molecule has 0 unspecified atom stereocenters. The fourth-order valence-electron chi connectivity index (χ4n) is 2.28. The maximum Gasteiger partial charge on any atom is 0.269 e. The van der Waals surface area contributed by atoms with E-state index in [2.05, 4.69) is 0 Å². The van der Waals surface area contributed by atoms with Crippen molar-refractivity contribution in [3.8, 4) is 11.3 Å². The van der Waals surface area contributed by atoms with Crippen molar-refractivity contribution >= 4 is 40.7 Å². The molecule has 3 aromatic rings. The molecule has 0 spiro atoms. The van der Waals surface area contributed by atoms with Crippen LogP contribution in [0.2, 0.25) is 10.0 Å². The SMILES string of the molecule is O=C(C=Cc1ccc(-c2cccc(Cl)c2Cl)o1)c1ccc([N+](=O)[O-])cc1. The Balaban J connectivity index is 1.77. The molecule has 5 nitrogen and oxygen atoms in total. The van der Waals surface area contributed by atoms with E-state index in [0.29, 0.717) is 32.7 Å². The first-order valence-electron chi connectivity index (χ1n) is 7.47. The van der Waals surface area contributed by atoms with Gasteiger partial charge in [0.15, 0.2) is 5.78 Å². The Morgan fingerprint density at radius 3 is 2.46 bits per heavy atom. The van der Waals surface area contributed by atoms with E-state index in [-0.39, 0.29) is 11.5 Å². The van der Waals surface area contributed by atoms with Crippen LogP contribution in [0.15, 0.2) is 65.1 Å². The molecule has 0 saturated carbocycles. The van der Waals surface area contributed by atoms with Crippen LogP contribution in [0, 0.1) is 10.1 Å². The van der Waals surface area contributed by atoms with Gasteiger partial charge in [0.25, 0.3) is 5.69 Å². The minimum atomic E-state index is -0.518. The van der Waals surface area contributed by atoms with Crippen molar-refractivity contribution in [3.05, 3.63) is 92.2 Å². The van der Waals surface area contributed by atoms with E-state index < -0.39 is 4.92 Å². The molecule has 26 heavy (non-hydrogen) atoms. The van der Waals surface area contributed by atoms with Crippen LogP contribution in [0.4, 0.5) is 5.69 Å². The summed E-state index contributed by atoms with van der Waals surface area (Å²) in [5.41, 5.74) is 0.927. The van der Waals surface area contributed by atoms with Gasteiger partial charge in [0.2, 0.25) is 0 Å². The van der Waals surface area contributed by atoms with Gasteiger partial charge in [-0.1, -0.05) is 29.3 Å². The smallest absolute Gasteiger partial charge is 0.269 e. The van der Waals surface area contributed by atoms with Crippen LogP contribution in [0.3, 0.4) is 0 Å². The van der Waals surface area contributed by atoms with Crippen molar-refractivity contribution in [2.24, 2.45) is 0 Å². The van der Waals surface area contributed by atoms with Gasteiger partial charge in [0.05, 0.1) is 15.0 Å². The third kappa shape index (κ3) is 3.85. The summed E-state index contributed by atoms with van der Waals surface area (Å²) in [7, 11) is 0. The lowest BCUT2D eigenvalue weighted by Crippen LogP contribution is -1.95. The largest absolute Gasteiger partial charge is 0.457 e. The van der Waals surface area contributed by atoms with E-state index in [9.17, 15) is 14.9 Å². The first-order chi connectivity index (χ1) is 12.5. The number of nitro groups is 1. The van der Waals surface area contributed by atoms with Crippen LogP contribution in [0.1, 0.15) is 16.1 Å². The number of nitro benzene ring substituents is 1. The van der Waals surface area contributed by atoms with E-state index in [4.69, 9.17) is 27.6 Å². The highest BCUT2D eigenvalue weighted by molar-refractivity contribution is 6.43. The fraction of sp³-hybridized carbons (Fsp3) is 0. The number of nitrogens with zero attached hydrogens (tertiary/aromatic N) is 1. The van der Waals surface area contributed by atoms with Gasteiger partial charge in [-0.05, 0) is 48.6 Å². The van der Waals surface area contributed by atoms with Crippen LogP contribution in [0.5, 0.6) is 0 Å². The van der Waals surface area contributed by atoms with Gasteiger partial charge in [-0.2, -0.15) is 0 Å². The second kappa shape index (κ2) is 7.56. The highest BCUT2D eigenvalue weighted by atomic mass is 35.5. The Morgan fingerprint density at radius 2 is 1.77 bits per heavy atom. The van der Waals surface area contributed by atoms with Crippen molar-refractivity contribution in [2.75, 3.05) is 0 Å². The number of rotatable bonds is 5. The van der Waals surface area contributed by atoms with Crippen LogP contribution < -0.4 is 0 Å². The third-order valence-corrected chi connectivity index (χ3v) is 4.42. The molecule has 1 aromatic heterocycles. The monoisotopic (exact) mass is 387 g/mol. The molecule has 0 atom stereocenters. The van der Waals surface area contributed by atoms with E-state index in [1.165, 1.54) is 36.4 Å². The number of carbonyl (C=O) groups is 1. The molecule has 0 aliphatic heterocycles. The Morgan fingerprint density at radius 1 is 1.04 bits per heavy atom. The van der Waals surface area contributed by atoms with Gasteiger partial charge in [0.1, 0.15) is 11.5 Å². The summed E-state index contributed by atoms with van der Waals surface area (Å²) in [6, 6.07) is 14.0. The summed E-state index contributed by atoms with van der Waals surface area (Å²) in [5.74, 6) is 0.699. The Labute approximate surface area is 158 Å². The maximum atomic E-state index is 12.1. The summed E-state index contributed by atoms with van der Waals surface area (Å²) in [6.07, 6.45) is 2.86. The molecule has 3 rings (SSSR count). The predicted octanol–water partition coefficient (Wildman–Crippen LogP) is 6.06. The first-order valence-corrected chi connectivity index (χ1v) is 8.22. The highest BCUT2D eigenvalue weighted by Crippen LogP contribution is 2.34. The van der Waals surface area contributed by atoms with E-state index in [1.807, 2.05) is 0 Å². The van der Waals surface area contributed by atoms with E-state index in [1.54, 1.807) is 30.3 Å². The van der Waals surface area contributed by atoms with Crippen LogP contribution >= 0.6 is 23.2 Å². The second-order valence-electron chi connectivity index (χ2n) is 5.30. The van der Waals surface area contributed by atoms with Gasteiger partial charge < -0.3 is 4.42 Å². The summed E-state index contributed by atoms with van der Waals surface area (Å²) in [6.45, 7) is 0. The minimum Gasteiger partial charge on any atom is -0.457 e. The number of non-ortho nitro benzene ring substituents is 1. The fourth-order valence-corrected chi connectivity index (χ4v) is 2.68. The molecule has 1 heterocycles. The van der Waals surface area contributed by atoms with Crippen LogP contribution in [-0.2, 0) is 0 Å². The topological polar surface area (TPSA) is 73.3 Å². The number of furan rings is 1. The zero-order valence-corrected chi connectivity index (χ0v) is 14.7. The number of allylic oxidation sites excluding steroid dienone is 1. The van der Waals surface area contributed by atoms with Crippen LogP contribution in [0.25, 0.3) is 17.4 Å². The molecule has 130 valence electrons. The lowest BCUT2D eigenvalue weighted by atomic mass is 10.1. The first kappa shape index (κ1) is 17.9. The number of hydrogen-bond acceptors (Lipinski definition) is 4. The number of ketones is 1. The minimum absolute atomic E-state index is 0.0698. The molecule has 0 saturated heterocycles. The average Bonchev–Trinajstić information content (AvgIpc) is 3.11. The summed E-state index contributed by atoms with van der Waals surface area (Å²) < 4.78 is 5.67. The van der Waals surface area contributed by atoms with Crippen molar-refractivity contribution < 1.29 is 14.1 Å². The third-order valence-electron chi connectivity index (χ3n) is 3.61. The van der Waals surface area contributed by atoms with Gasteiger partial charge in [-0.25, -0.2) is 0 Å². The lowest BCUT2D eigenvalue weighted by Gasteiger charge is -2.01. The maximum absolute atomic E-state index is 12.1. The molecule has 0 aliphatic carbocycles. The number of hydrogen-bond donors (Lipinski definition) is 0. The predicted molar refractivity (Wildman–Crippen MR) is 101 cm³/mol. The van der Waals surface area contributed by atoms with Crippen molar-refractivity contribution in [1.29, 1.82) is 0 Å². The number of benzene rings is 2. The van der Waals surface area contributed by atoms with Gasteiger partial charge in [-0.15, -0.1) is 0 Å². The Hall–Kier alpha value is -2.89. The number of carbonyl (C=O) groups excluding carboxylic acids is 1. The van der Waals surface area contributed by atoms with Gasteiger partial charge in [0, 0.05) is 23.3 Å². The molecule has 0 bridgehead atoms. The molecule has 0 radical (unpaired) electrons. The zero-order valence-electron chi connectivity index (χ0n) is 13.2. The molecular weight excluding hydrogens is 377 g/mol. The highest BCUT2D eigenvalue weighted by Gasteiger charge is 2.11. The van der Waals surface area contributed by atoms with Crippen molar-refractivity contribution in [1.82, 2.24) is 0 Å². The van der Waals surface area contributed by atoms with E-state index in [0.717, 1.165) is 0 Å². The van der Waals surface area contributed by atoms with Crippen LogP contribution in [-0.4, -0.2) is 10.7 Å². The van der Waals surface area contributed by atoms with Gasteiger partial charge in [-0.3, -0.25) is 14.9 Å². The molecule has 0 amide bonds. The molecule has 7 heteroatoms. The summed E-state index contributed by atoms with van der Waals surface area (Å²) in [5, 5.41) is 11.4. The lowest BCUT2D eigenvalue weighted by molar-refractivity contribution is -0.384. The van der Waals surface area contributed by atoms with Crippen molar-refractivity contribution in [2.45, 2.75) is 0 Å². The van der Waals surface area contributed by atoms with E-state index >= 15 is 0 Å². The second-order valence-corrected chi connectivity index (χ2v) is 6.09. The Kier molecular flexibility index (Phi) is 5.21. The molecule has 0 aliphatic rings. The summed E-state index contributed by atoms with van der Waals surface area (Å²) >= 11 is 12.2. The molecule has 0 N–H and O–H groups in total. The average molecular weight is 388 g/mol. The molecular formula is C19H11Cl2NO4. The van der Waals surface area contributed by atoms with Crippen molar-refractivity contribution in [3.63, 3.8) is 0 Å². The molecule has 2 aromatic carbocycles. The number of halogens is 2. The molecule has 0 fully saturated rings. The Bertz CT molecular complexity index is 1010. The zero-order chi connectivity index (χ0) is 18.7. The quantitative estimate of drug-likeness (QED) is 0.231. The van der Waals surface area contributed by atoms with Gasteiger partial charge >= 0.3 is 0 Å². The standard InChI is InChI=1S/C19H11Cl2NO4/c20-16-3-1-2-15(19(16)21)18-11-9-14(26-18)8-10-17(23)12-4-6-13(7-5-12)22(24)25/h1-11H. The summed E-state index contributed by atoms with van der Waals surface area (Å²) in [4.78, 5) is 22.3. The normalized spacial score (nSPS) is 11.0.